The topological polar surface area (TPSA) is 98.8 Å². The molecule has 2 aromatic heterocycles. The molecule has 12 heteroatoms. The number of carbonyl (C=O) groups is 2. The molecule has 202 valence electrons. The summed E-state index contributed by atoms with van der Waals surface area (Å²) in [5.74, 6) is -1.37. The number of amides is 2. The maximum Gasteiger partial charge on any atom is 0.420 e. The van der Waals surface area contributed by atoms with Gasteiger partial charge in [-0.25, -0.2) is 0 Å². The highest BCUT2D eigenvalue weighted by molar-refractivity contribution is 5.96. The third kappa shape index (κ3) is 5.26. The molecular weight excluding hydrogens is 493 g/mol. The first-order valence-electron chi connectivity index (χ1n) is 12.7. The second-order valence-electron chi connectivity index (χ2n) is 10.1. The van der Waals surface area contributed by atoms with Crippen molar-refractivity contribution >= 4 is 11.8 Å². The fourth-order valence-corrected chi connectivity index (χ4v) is 5.41. The van der Waals surface area contributed by atoms with E-state index in [4.69, 9.17) is 13.9 Å². The van der Waals surface area contributed by atoms with Crippen LogP contribution in [0.4, 0.5) is 13.2 Å². The van der Waals surface area contributed by atoms with E-state index < -0.39 is 29.5 Å². The number of likely N-dealkylation sites (tertiary alicyclic amines) is 1. The molecule has 0 aromatic carbocycles. The molecule has 2 aromatic rings. The van der Waals surface area contributed by atoms with E-state index in [0.717, 1.165) is 12.8 Å². The minimum Gasteiger partial charge on any atom is -0.455 e. The highest BCUT2D eigenvalue weighted by Crippen LogP contribution is 2.48. The molecule has 37 heavy (non-hydrogen) atoms. The number of alkyl halides is 3. The number of halogens is 3. The first kappa shape index (κ1) is 25.8. The van der Waals surface area contributed by atoms with E-state index in [1.807, 2.05) is 13.1 Å². The number of nitrogens with one attached hydrogen (secondary N) is 1. The minimum atomic E-state index is -4.81. The predicted molar refractivity (Wildman–Crippen MR) is 125 cm³/mol. The summed E-state index contributed by atoms with van der Waals surface area (Å²) < 4.78 is 61.1. The molecule has 0 radical (unpaired) electrons. The van der Waals surface area contributed by atoms with Gasteiger partial charge in [0.2, 0.25) is 11.7 Å². The van der Waals surface area contributed by atoms with Gasteiger partial charge in [0.25, 0.3) is 5.91 Å². The molecule has 1 N–H and O–H groups in total. The molecule has 1 aliphatic carbocycles. The lowest BCUT2D eigenvalue weighted by Crippen LogP contribution is -2.40. The smallest absolute Gasteiger partial charge is 0.420 e. The monoisotopic (exact) mass is 524 g/mol. The molecule has 4 heterocycles. The van der Waals surface area contributed by atoms with Gasteiger partial charge in [-0.15, -0.1) is 0 Å². The number of piperidine rings is 1. The van der Waals surface area contributed by atoms with Crippen LogP contribution >= 0.6 is 0 Å². The Hall–Kier alpha value is -2.86. The fourth-order valence-electron chi connectivity index (χ4n) is 5.41. The van der Waals surface area contributed by atoms with Crippen molar-refractivity contribution in [1.29, 1.82) is 0 Å². The molecule has 2 amide bonds. The number of nitrogens with zero attached hydrogens (tertiary/aromatic N) is 3. The van der Waals surface area contributed by atoms with E-state index in [-0.39, 0.29) is 54.3 Å². The minimum absolute atomic E-state index is 0.0141. The van der Waals surface area contributed by atoms with Crippen LogP contribution in [0.15, 0.2) is 10.6 Å². The zero-order valence-corrected chi connectivity index (χ0v) is 20.9. The lowest BCUT2D eigenvalue weighted by molar-refractivity contribution is -0.138. The Balaban J connectivity index is 1.40. The van der Waals surface area contributed by atoms with E-state index in [9.17, 15) is 22.8 Å². The number of fused-ring (bicyclic) bond motifs is 3. The van der Waals surface area contributed by atoms with Crippen molar-refractivity contribution in [3.05, 3.63) is 28.8 Å². The highest BCUT2D eigenvalue weighted by atomic mass is 19.4. The Morgan fingerprint density at radius 2 is 1.97 bits per heavy atom. The van der Waals surface area contributed by atoms with Crippen molar-refractivity contribution in [3.63, 3.8) is 0 Å². The standard InChI is InChI=1S/C25H31F3N4O5/c1-14-9-19-20(22-18(14)12-32(30-22)11-16-3-5-31(6-4-16)15(2)33)21(25(26,27)28)23(37-19)24(34)29-10-17-13-35-7-8-36-17/h12,14,16-17H,3-11,13H2,1-2H3,(H,29,34)/t14?,17-/m1/s1. The number of ether oxygens (including phenoxy) is 2. The molecule has 0 bridgehead atoms. The lowest BCUT2D eigenvalue weighted by atomic mass is 9.86. The van der Waals surface area contributed by atoms with Crippen molar-refractivity contribution in [1.82, 2.24) is 20.0 Å². The first-order valence-corrected chi connectivity index (χ1v) is 12.7. The summed E-state index contributed by atoms with van der Waals surface area (Å²) in [6.45, 7) is 6.42. The third-order valence-corrected chi connectivity index (χ3v) is 7.40. The zero-order chi connectivity index (χ0) is 26.3. The van der Waals surface area contributed by atoms with Crippen LogP contribution in [-0.2, 0) is 33.4 Å². The van der Waals surface area contributed by atoms with Crippen molar-refractivity contribution in [3.8, 4) is 11.3 Å². The maximum atomic E-state index is 14.3. The molecule has 9 nitrogen and oxygen atoms in total. The third-order valence-electron chi connectivity index (χ3n) is 7.40. The van der Waals surface area contributed by atoms with Gasteiger partial charge < -0.3 is 24.1 Å². The van der Waals surface area contributed by atoms with Gasteiger partial charge in [0.15, 0.2) is 0 Å². The van der Waals surface area contributed by atoms with E-state index in [0.29, 0.717) is 38.4 Å². The summed E-state index contributed by atoms with van der Waals surface area (Å²) >= 11 is 0. The number of carbonyl (C=O) groups excluding carboxylic acids is 2. The van der Waals surface area contributed by atoms with Crippen molar-refractivity contribution < 1.29 is 36.7 Å². The zero-order valence-electron chi connectivity index (χ0n) is 20.9. The van der Waals surface area contributed by atoms with Crippen LogP contribution in [0, 0.1) is 5.92 Å². The van der Waals surface area contributed by atoms with E-state index in [1.165, 1.54) is 0 Å². The van der Waals surface area contributed by atoms with Crippen LogP contribution in [0.3, 0.4) is 0 Å². The Morgan fingerprint density at radius 1 is 1.22 bits per heavy atom. The maximum absolute atomic E-state index is 14.3. The average molecular weight is 525 g/mol. The number of rotatable bonds is 5. The van der Waals surface area contributed by atoms with Crippen LogP contribution in [-0.4, -0.2) is 72.1 Å². The van der Waals surface area contributed by atoms with Gasteiger partial charge in [0.1, 0.15) is 11.3 Å². The molecular formula is C25H31F3N4O5. The number of aromatic nitrogens is 2. The molecule has 5 rings (SSSR count). The number of hydrogen-bond donors (Lipinski definition) is 1. The predicted octanol–water partition coefficient (Wildman–Crippen LogP) is 3.23. The molecule has 0 saturated carbocycles. The van der Waals surface area contributed by atoms with Gasteiger partial charge in [0.05, 0.1) is 37.2 Å². The van der Waals surface area contributed by atoms with Crippen molar-refractivity contribution in [2.24, 2.45) is 5.92 Å². The number of furan rings is 1. The first-order chi connectivity index (χ1) is 17.6. The summed E-state index contributed by atoms with van der Waals surface area (Å²) in [5, 5.41) is 7.07. The Labute approximate surface area is 212 Å². The summed E-state index contributed by atoms with van der Waals surface area (Å²) in [6, 6.07) is 0. The van der Waals surface area contributed by atoms with Crippen LogP contribution in [0.1, 0.15) is 60.0 Å². The molecule has 2 aliphatic heterocycles. The Bertz CT molecular complexity index is 1160. The summed E-state index contributed by atoms with van der Waals surface area (Å²) in [4.78, 5) is 26.3. The van der Waals surface area contributed by atoms with Crippen molar-refractivity contribution in [2.75, 3.05) is 39.5 Å². The average Bonchev–Trinajstić information content (AvgIpc) is 3.45. The molecule has 2 saturated heterocycles. The van der Waals surface area contributed by atoms with Crippen LogP contribution in [0.5, 0.6) is 0 Å². The van der Waals surface area contributed by atoms with Crippen LogP contribution in [0.25, 0.3) is 11.3 Å². The Morgan fingerprint density at radius 3 is 2.62 bits per heavy atom. The number of hydrogen-bond acceptors (Lipinski definition) is 6. The summed E-state index contributed by atoms with van der Waals surface area (Å²) in [7, 11) is 0. The lowest BCUT2D eigenvalue weighted by Gasteiger charge is -2.31. The van der Waals surface area contributed by atoms with Crippen molar-refractivity contribution in [2.45, 2.75) is 57.9 Å². The summed E-state index contributed by atoms with van der Waals surface area (Å²) in [5.41, 5.74) is -0.309. The van der Waals surface area contributed by atoms with Gasteiger partial charge in [0, 0.05) is 51.3 Å². The molecule has 2 fully saturated rings. The van der Waals surface area contributed by atoms with E-state index in [1.54, 1.807) is 16.5 Å². The Kier molecular flexibility index (Phi) is 7.06. The van der Waals surface area contributed by atoms with Gasteiger partial charge in [-0.1, -0.05) is 6.92 Å². The van der Waals surface area contributed by atoms with Crippen LogP contribution in [0.2, 0.25) is 0 Å². The van der Waals surface area contributed by atoms with E-state index >= 15 is 0 Å². The molecule has 1 unspecified atom stereocenters. The van der Waals surface area contributed by atoms with Gasteiger partial charge in [-0.3, -0.25) is 14.3 Å². The largest absolute Gasteiger partial charge is 0.455 e. The highest BCUT2D eigenvalue weighted by Gasteiger charge is 2.46. The quantitative estimate of drug-likeness (QED) is 0.645. The normalized spacial score (nSPS) is 22.5. The second-order valence-corrected chi connectivity index (χ2v) is 10.1. The molecule has 3 aliphatic rings. The summed E-state index contributed by atoms with van der Waals surface area (Å²) in [6.07, 6.45) is -1.57. The van der Waals surface area contributed by atoms with Crippen LogP contribution < -0.4 is 5.32 Å². The van der Waals surface area contributed by atoms with Gasteiger partial charge >= 0.3 is 6.18 Å². The van der Waals surface area contributed by atoms with Gasteiger partial charge in [-0.05, 0) is 24.7 Å². The second kappa shape index (κ2) is 10.1. The SMILES string of the molecule is CC(=O)N1CCC(Cn2cc3c(n2)-c2c(oc(C(=O)NC[C@@H]4COCCO4)c2C(F)(F)F)CC3C)CC1. The fraction of sp³-hybridized carbons (Fsp3) is 0.640. The molecule has 2 atom stereocenters. The molecule has 0 spiro atoms. The van der Waals surface area contributed by atoms with E-state index in [2.05, 4.69) is 10.4 Å². The van der Waals surface area contributed by atoms with Gasteiger partial charge in [-0.2, -0.15) is 18.3 Å².